The van der Waals surface area contributed by atoms with Gasteiger partial charge in [-0.15, -0.1) is 0 Å². The summed E-state index contributed by atoms with van der Waals surface area (Å²) >= 11 is 5.74. The maximum Gasteiger partial charge on any atom is 0.416 e. The van der Waals surface area contributed by atoms with Crippen LogP contribution in [0.15, 0.2) is 29.1 Å². The quantitative estimate of drug-likeness (QED) is 0.844. The maximum atomic E-state index is 12.5. The number of alkyl halides is 3. The van der Waals surface area contributed by atoms with Crippen LogP contribution in [-0.2, 0) is 12.7 Å². The van der Waals surface area contributed by atoms with E-state index in [1.807, 2.05) is 0 Å². The van der Waals surface area contributed by atoms with Crippen molar-refractivity contribution in [3.63, 3.8) is 0 Å². The number of nitrogens with one attached hydrogen (secondary N) is 1. The largest absolute Gasteiger partial charge is 0.416 e. The van der Waals surface area contributed by atoms with Crippen molar-refractivity contribution in [3.8, 4) is 0 Å². The summed E-state index contributed by atoms with van der Waals surface area (Å²) in [7, 11) is 2.15. The van der Waals surface area contributed by atoms with Gasteiger partial charge in [0.15, 0.2) is 0 Å². The second kappa shape index (κ2) is 5.52. The normalized spacial score (nSPS) is 11.6. The summed E-state index contributed by atoms with van der Waals surface area (Å²) in [5, 5.41) is 3.42. The summed E-state index contributed by atoms with van der Waals surface area (Å²) < 4.78 is 37.3. The molecule has 0 amide bonds. The molecule has 0 saturated carbocycles. The number of hydrogen-bond donors (Lipinski definition) is 1. The Kier molecular flexibility index (Phi) is 4.17. The van der Waals surface area contributed by atoms with Crippen molar-refractivity contribution in [3.05, 3.63) is 50.0 Å². The van der Waals surface area contributed by atoms with E-state index < -0.39 is 11.7 Å². The van der Waals surface area contributed by atoms with Crippen molar-refractivity contribution in [2.24, 2.45) is 0 Å². The van der Waals surface area contributed by atoms with Crippen molar-refractivity contribution in [1.29, 1.82) is 0 Å². The summed E-state index contributed by atoms with van der Waals surface area (Å²) in [6.45, 7) is 0.177. The van der Waals surface area contributed by atoms with Gasteiger partial charge in [-0.3, -0.25) is 4.79 Å². The molecule has 2 aromatic rings. The summed E-state index contributed by atoms with van der Waals surface area (Å²) in [5.74, 6) is 0. The molecule has 0 unspecified atom stereocenters. The van der Waals surface area contributed by atoms with Crippen LogP contribution in [0.4, 0.5) is 18.2 Å². The number of halogens is 4. The standard InChI is InChI=1S/C11H7ClF3NOS2/c12-8-9(18-19-10(8)17)16-5-6-2-1-3-7(4-6)11(13,14)15/h1-4,16H,5H2. The second-order valence-electron chi connectivity index (χ2n) is 3.65. The molecule has 0 spiro atoms. The summed E-state index contributed by atoms with van der Waals surface area (Å²) in [6.07, 6.45) is -4.36. The summed E-state index contributed by atoms with van der Waals surface area (Å²) in [6, 6.07) is 5.00. The van der Waals surface area contributed by atoms with E-state index in [1.165, 1.54) is 16.4 Å². The predicted octanol–water partition coefficient (Wildman–Crippen LogP) is 4.45. The third-order valence-corrected chi connectivity index (χ3v) is 5.03. The van der Waals surface area contributed by atoms with E-state index in [4.69, 9.17) is 11.6 Å². The van der Waals surface area contributed by atoms with Crippen molar-refractivity contribution < 1.29 is 13.2 Å². The Labute approximate surface area is 118 Å². The minimum atomic E-state index is -4.36. The third-order valence-electron chi connectivity index (χ3n) is 2.29. The van der Waals surface area contributed by atoms with E-state index in [9.17, 15) is 18.0 Å². The highest BCUT2D eigenvalue weighted by Crippen LogP contribution is 2.30. The Morgan fingerprint density at radius 3 is 2.58 bits per heavy atom. The molecule has 2 rings (SSSR count). The molecule has 1 aromatic heterocycles. The van der Waals surface area contributed by atoms with E-state index in [2.05, 4.69) is 5.32 Å². The molecule has 0 bridgehead atoms. The van der Waals surface area contributed by atoms with Gasteiger partial charge in [0.25, 0.3) is 4.74 Å². The third kappa shape index (κ3) is 3.49. The highest BCUT2D eigenvalue weighted by atomic mass is 35.5. The van der Waals surface area contributed by atoms with E-state index in [0.29, 0.717) is 10.6 Å². The van der Waals surface area contributed by atoms with E-state index in [-0.39, 0.29) is 16.3 Å². The van der Waals surface area contributed by atoms with Gasteiger partial charge in [0.2, 0.25) is 0 Å². The fourth-order valence-electron chi connectivity index (χ4n) is 1.39. The van der Waals surface area contributed by atoms with Crippen LogP contribution in [0, 0.1) is 0 Å². The first-order valence-corrected chi connectivity index (χ1v) is 7.59. The Morgan fingerprint density at radius 2 is 2.00 bits per heavy atom. The molecule has 1 heterocycles. The second-order valence-corrected chi connectivity index (χ2v) is 6.14. The van der Waals surface area contributed by atoms with Gasteiger partial charge < -0.3 is 5.32 Å². The van der Waals surface area contributed by atoms with E-state index in [1.54, 1.807) is 6.07 Å². The zero-order chi connectivity index (χ0) is 14.0. The van der Waals surface area contributed by atoms with Crippen LogP contribution in [-0.4, -0.2) is 0 Å². The van der Waals surface area contributed by atoms with Crippen molar-refractivity contribution in [1.82, 2.24) is 0 Å². The molecule has 0 aliphatic rings. The fraction of sp³-hybridized carbons (Fsp3) is 0.182. The maximum absolute atomic E-state index is 12.5. The van der Waals surface area contributed by atoms with Crippen molar-refractivity contribution >= 4 is 37.3 Å². The molecule has 0 aliphatic heterocycles. The van der Waals surface area contributed by atoms with Gasteiger partial charge in [-0.1, -0.05) is 34.1 Å². The Balaban J connectivity index is 2.12. The molecule has 0 fully saturated rings. The molecule has 0 atom stereocenters. The monoisotopic (exact) mass is 325 g/mol. The average molecular weight is 326 g/mol. The SMILES string of the molecule is O=c1ssc(NCc2cccc(C(F)(F)F)c2)c1Cl. The van der Waals surface area contributed by atoms with Crippen LogP contribution in [0.5, 0.6) is 0 Å². The Morgan fingerprint density at radius 1 is 1.26 bits per heavy atom. The van der Waals surface area contributed by atoms with Gasteiger partial charge in [0, 0.05) is 6.54 Å². The first-order valence-electron chi connectivity index (χ1n) is 5.06. The smallest absolute Gasteiger partial charge is 0.371 e. The van der Waals surface area contributed by atoms with Crippen LogP contribution in [0.1, 0.15) is 11.1 Å². The lowest BCUT2D eigenvalue weighted by molar-refractivity contribution is -0.137. The molecular formula is C11H7ClF3NOS2. The molecule has 0 aliphatic carbocycles. The first-order chi connectivity index (χ1) is 8.88. The van der Waals surface area contributed by atoms with Crippen LogP contribution >= 0.6 is 32.3 Å². The van der Waals surface area contributed by atoms with Gasteiger partial charge in [-0.2, -0.15) is 13.2 Å². The topological polar surface area (TPSA) is 29.1 Å². The van der Waals surface area contributed by atoms with Crippen LogP contribution < -0.4 is 10.1 Å². The number of benzene rings is 1. The molecule has 1 aromatic carbocycles. The summed E-state index contributed by atoms with van der Waals surface area (Å²) in [4.78, 5) is 11.1. The molecule has 1 N–H and O–H groups in total. The molecule has 102 valence electrons. The highest BCUT2D eigenvalue weighted by molar-refractivity contribution is 7.70. The molecular weight excluding hydrogens is 319 g/mol. The lowest BCUT2D eigenvalue weighted by Gasteiger charge is -2.09. The van der Waals surface area contributed by atoms with Crippen LogP contribution in [0.2, 0.25) is 5.02 Å². The minimum absolute atomic E-state index is 0.0852. The van der Waals surface area contributed by atoms with Crippen LogP contribution in [0.25, 0.3) is 0 Å². The fourth-order valence-corrected chi connectivity index (χ4v) is 3.81. The van der Waals surface area contributed by atoms with Crippen molar-refractivity contribution in [2.75, 3.05) is 5.32 Å². The predicted molar refractivity (Wildman–Crippen MR) is 72.2 cm³/mol. The van der Waals surface area contributed by atoms with Gasteiger partial charge >= 0.3 is 6.18 Å². The Bertz CT molecular complexity index is 635. The molecule has 19 heavy (non-hydrogen) atoms. The molecule has 0 saturated heterocycles. The number of hydrogen-bond acceptors (Lipinski definition) is 4. The van der Waals surface area contributed by atoms with Crippen LogP contribution in [0.3, 0.4) is 0 Å². The van der Waals surface area contributed by atoms with E-state index >= 15 is 0 Å². The Hall–Kier alpha value is -1.05. The van der Waals surface area contributed by atoms with Crippen molar-refractivity contribution in [2.45, 2.75) is 12.7 Å². The van der Waals surface area contributed by atoms with Gasteiger partial charge in [-0.05, 0) is 28.0 Å². The average Bonchev–Trinajstić information content (AvgIpc) is 2.67. The minimum Gasteiger partial charge on any atom is -0.371 e. The summed E-state index contributed by atoms with van der Waals surface area (Å²) in [5.41, 5.74) is -0.229. The zero-order valence-electron chi connectivity index (χ0n) is 9.25. The van der Waals surface area contributed by atoms with E-state index in [0.717, 1.165) is 22.5 Å². The van der Waals surface area contributed by atoms with Gasteiger partial charge in [0.1, 0.15) is 10.0 Å². The molecule has 2 nitrogen and oxygen atoms in total. The number of rotatable bonds is 3. The van der Waals surface area contributed by atoms with Gasteiger partial charge in [0.05, 0.1) is 5.56 Å². The highest BCUT2D eigenvalue weighted by Gasteiger charge is 2.30. The van der Waals surface area contributed by atoms with Gasteiger partial charge in [-0.25, -0.2) is 0 Å². The molecule has 0 radical (unpaired) electrons. The number of anilines is 1. The lowest BCUT2D eigenvalue weighted by atomic mass is 10.1. The zero-order valence-corrected chi connectivity index (χ0v) is 11.6. The molecule has 8 heteroatoms. The first kappa shape index (κ1) is 14.4. The lowest BCUT2D eigenvalue weighted by Crippen LogP contribution is -2.06.